The van der Waals surface area contributed by atoms with E-state index in [1.165, 1.54) is 42.3 Å². The number of likely N-dealkylation sites (tertiary alicyclic amines) is 1. The Balaban J connectivity index is 1.49. The third-order valence-electron chi connectivity index (χ3n) is 5.20. The number of nitrogens with zero attached hydrogens (tertiary/aromatic N) is 2. The second-order valence-corrected chi connectivity index (χ2v) is 6.84. The molecule has 1 unspecified atom stereocenters. The Hall–Kier alpha value is -2.26. The maximum atomic E-state index is 3.23. The van der Waals surface area contributed by atoms with Crippen LogP contribution in [0.25, 0.3) is 10.8 Å². The fourth-order valence-electron chi connectivity index (χ4n) is 3.70. The molecule has 0 radical (unpaired) electrons. The number of rotatable bonds is 4. The maximum absolute atomic E-state index is 3.23. The van der Waals surface area contributed by atoms with Gasteiger partial charge in [-0.2, -0.15) is 0 Å². The summed E-state index contributed by atoms with van der Waals surface area (Å²) in [6.45, 7) is 4.80. The summed E-state index contributed by atoms with van der Waals surface area (Å²) in [5.74, 6) is 0. The molecule has 2 aliphatic heterocycles. The minimum atomic E-state index is 0.757. The van der Waals surface area contributed by atoms with Crippen LogP contribution in [0.15, 0.2) is 61.0 Å². The van der Waals surface area contributed by atoms with Gasteiger partial charge >= 0.3 is 0 Å². The highest BCUT2D eigenvalue weighted by atomic mass is 15.5. The highest BCUT2D eigenvalue weighted by molar-refractivity contribution is 5.86. The fourth-order valence-corrected chi connectivity index (χ4v) is 3.70. The van der Waals surface area contributed by atoms with Gasteiger partial charge < -0.3 is 10.3 Å². The van der Waals surface area contributed by atoms with E-state index in [2.05, 4.69) is 53.6 Å². The van der Waals surface area contributed by atoms with E-state index in [0.29, 0.717) is 0 Å². The van der Waals surface area contributed by atoms with Crippen molar-refractivity contribution in [3.63, 3.8) is 0 Å². The number of anilines is 1. The topological polar surface area (TPSA) is 18.5 Å². The molecule has 1 saturated heterocycles. The molecule has 1 atom stereocenters. The van der Waals surface area contributed by atoms with E-state index in [1.54, 1.807) is 0 Å². The van der Waals surface area contributed by atoms with Crippen molar-refractivity contribution in [2.75, 3.05) is 18.1 Å². The van der Waals surface area contributed by atoms with Crippen molar-refractivity contribution in [1.82, 2.24) is 10.3 Å². The van der Waals surface area contributed by atoms with Crippen LogP contribution in [0.4, 0.5) is 5.69 Å². The van der Waals surface area contributed by atoms with Gasteiger partial charge in [0.15, 0.2) is 0 Å². The molecule has 0 saturated carbocycles. The molecule has 1 fully saturated rings. The van der Waals surface area contributed by atoms with Crippen LogP contribution >= 0.6 is 0 Å². The first-order chi connectivity index (χ1) is 11.8. The van der Waals surface area contributed by atoms with Crippen LogP contribution in [-0.4, -0.2) is 24.0 Å². The first-order valence-electron chi connectivity index (χ1n) is 8.95. The van der Waals surface area contributed by atoms with Crippen LogP contribution in [0.1, 0.15) is 25.3 Å². The maximum Gasteiger partial charge on any atom is 0.0629 e. The van der Waals surface area contributed by atoms with Gasteiger partial charge in [0.2, 0.25) is 0 Å². The van der Waals surface area contributed by atoms with Crippen molar-refractivity contribution in [1.29, 1.82) is 0 Å². The number of benzene rings is 2. The molecule has 2 aromatic carbocycles. The molecule has 4 rings (SSSR count). The van der Waals surface area contributed by atoms with Gasteiger partial charge in [-0.05, 0) is 73.4 Å². The Labute approximate surface area is 144 Å². The summed E-state index contributed by atoms with van der Waals surface area (Å²) >= 11 is 0. The summed E-state index contributed by atoms with van der Waals surface area (Å²) in [5.41, 5.74) is 5.82. The zero-order valence-electron chi connectivity index (χ0n) is 14.3. The van der Waals surface area contributed by atoms with Gasteiger partial charge in [-0.25, -0.2) is 0 Å². The molecule has 2 heterocycles. The molecule has 124 valence electrons. The quantitative estimate of drug-likeness (QED) is 0.910. The monoisotopic (exact) mass is 319 g/mol. The largest absolute Gasteiger partial charge is 0.302 e. The predicted molar refractivity (Wildman–Crippen MR) is 102 cm³/mol. The van der Waals surface area contributed by atoms with E-state index in [0.717, 1.165) is 18.2 Å². The van der Waals surface area contributed by atoms with E-state index in [-0.39, 0.29) is 0 Å². The summed E-state index contributed by atoms with van der Waals surface area (Å²) in [5, 5.41) is 4.64. The van der Waals surface area contributed by atoms with E-state index in [1.807, 2.05) is 29.6 Å². The SMILES string of the molecule is CC1CCCN1CCc1ccc2cc(N3C=CC=CN3)ccc2c1. The van der Waals surface area contributed by atoms with Crippen molar-refractivity contribution in [3.05, 3.63) is 66.5 Å². The Morgan fingerprint density at radius 1 is 1.08 bits per heavy atom. The Bertz CT molecular complexity index is 778. The minimum Gasteiger partial charge on any atom is -0.302 e. The summed E-state index contributed by atoms with van der Waals surface area (Å²) in [7, 11) is 0. The molecule has 0 spiro atoms. The molecule has 3 nitrogen and oxygen atoms in total. The molecular formula is C21H25N3. The van der Waals surface area contributed by atoms with Crippen molar-refractivity contribution in [2.45, 2.75) is 32.2 Å². The van der Waals surface area contributed by atoms with Crippen LogP contribution < -0.4 is 10.4 Å². The lowest BCUT2D eigenvalue weighted by Gasteiger charge is -2.22. The van der Waals surface area contributed by atoms with Gasteiger partial charge in [-0.1, -0.05) is 24.3 Å². The smallest absolute Gasteiger partial charge is 0.0629 e. The molecular weight excluding hydrogens is 294 g/mol. The zero-order valence-corrected chi connectivity index (χ0v) is 14.3. The number of hydrogen-bond acceptors (Lipinski definition) is 3. The van der Waals surface area contributed by atoms with E-state index in [4.69, 9.17) is 0 Å². The Morgan fingerprint density at radius 2 is 1.96 bits per heavy atom. The molecule has 1 N–H and O–H groups in total. The standard InChI is InChI=1S/C21H25N3/c1-17-5-4-12-23(17)14-10-18-6-7-20-16-21(9-8-19(20)15-18)24-13-3-2-11-22-24/h2-3,6-9,11,13,15-17,22H,4-5,10,12,14H2,1H3. The van der Waals surface area contributed by atoms with Gasteiger partial charge in [0.05, 0.1) is 5.69 Å². The van der Waals surface area contributed by atoms with Crippen molar-refractivity contribution in [2.24, 2.45) is 0 Å². The number of nitrogens with one attached hydrogen (secondary N) is 1. The molecule has 2 aromatic rings. The highest BCUT2D eigenvalue weighted by Gasteiger charge is 2.19. The van der Waals surface area contributed by atoms with Crippen molar-refractivity contribution in [3.8, 4) is 0 Å². The summed E-state index contributed by atoms with van der Waals surface area (Å²) in [6, 6.07) is 14.3. The number of hydrogen-bond donors (Lipinski definition) is 1. The Morgan fingerprint density at radius 3 is 2.75 bits per heavy atom. The van der Waals surface area contributed by atoms with Crippen LogP contribution in [-0.2, 0) is 6.42 Å². The number of hydrazine groups is 1. The zero-order chi connectivity index (χ0) is 16.4. The second kappa shape index (κ2) is 6.70. The van der Waals surface area contributed by atoms with Gasteiger partial charge in [-0.3, -0.25) is 5.01 Å². The number of fused-ring (bicyclic) bond motifs is 1. The summed E-state index contributed by atoms with van der Waals surface area (Å²) in [4.78, 5) is 2.62. The van der Waals surface area contributed by atoms with Gasteiger partial charge in [0, 0.05) is 25.0 Å². The van der Waals surface area contributed by atoms with Crippen LogP contribution in [0, 0.1) is 0 Å². The van der Waals surface area contributed by atoms with E-state index < -0.39 is 0 Å². The molecule has 0 aliphatic carbocycles. The average molecular weight is 319 g/mol. The first kappa shape index (κ1) is 15.3. The lowest BCUT2D eigenvalue weighted by Crippen LogP contribution is -2.29. The van der Waals surface area contributed by atoms with Crippen LogP contribution in [0.5, 0.6) is 0 Å². The number of allylic oxidation sites excluding steroid dienone is 2. The third-order valence-corrected chi connectivity index (χ3v) is 5.20. The Kier molecular flexibility index (Phi) is 4.26. The molecule has 3 heteroatoms. The van der Waals surface area contributed by atoms with E-state index >= 15 is 0 Å². The van der Waals surface area contributed by atoms with Crippen molar-refractivity contribution >= 4 is 16.5 Å². The van der Waals surface area contributed by atoms with Gasteiger partial charge in [0.25, 0.3) is 0 Å². The first-order valence-corrected chi connectivity index (χ1v) is 8.95. The molecule has 2 aliphatic rings. The van der Waals surface area contributed by atoms with Crippen LogP contribution in [0.2, 0.25) is 0 Å². The second-order valence-electron chi connectivity index (χ2n) is 6.84. The summed E-state index contributed by atoms with van der Waals surface area (Å²) in [6.07, 6.45) is 11.8. The minimum absolute atomic E-state index is 0.757. The lowest BCUT2D eigenvalue weighted by atomic mass is 10.0. The average Bonchev–Trinajstić information content (AvgIpc) is 3.05. The summed E-state index contributed by atoms with van der Waals surface area (Å²) < 4.78 is 0. The van der Waals surface area contributed by atoms with Crippen molar-refractivity contribution < 1.29 is 0 Å². The predicted octanol–water partition coefficient (Wildman–Crippen LogP) is 4.22. The highest BCUT2D eigenvalue weighted by Crippen LogP contribution is 2.24. The lowest BCUT2D eigenvalue weighted by molar-refractivity contribution is 0.272. The molecule has 0 bridgehead atoms. The van der Waals surface area contributed by atoms with Gasteiger partial charge in [-0.15, -0.1) is 0 Å². The van der Waals surface area contributed by atoms with E-state index in [9.17, 15) is 0 Å². The third kappa shape index (κ3) is 3.17. The van der Waals surface area contributed by atoms with Gasteiger partial charge in [0.1, 0.15) is 0 Å². The molecule has 0 amide bonds. The normalized spacial score (nSPS) is 20.7. The molecule has 0 aromatic heterocycles. The fraction of sp³-hybridized carbons (Fsp3) is 0.333. The van der Waals surface area contributed by atoms with Crippen LogP contribution in [0.3, 0.4) is 0 Å². The molecule has 24 heavy (non-hydrogen) atoms.